The lowest BCUT2D eigenvalue weighted by Crippen LogP contribution is -2.19. The SMILES string of the molecule is CCCCCCCCCOc1ccc(/C=N\NC(=O)Cc2ccccc2)cc1OC. The van der Waals surface area contributed by atoms with Gasteiger partial charge in [0.1, 0.15) is 0 Å². The number of unbranched alkanes of at least 4 members (excludes halogenated alkanes) is 6. The maximum Gasteiger partial charge on any atom is 0.244 e. The Morgan fingerprint density at radius 2 is 1.70 bits per heavy atom. The Bertz CT molecular complexity index is 775. The predicted molar refractivity (Wildman–Crippen MR) is 122 cm³/mol. The lowest BCUT2D eigenvalue weighted by molar-refractivity contribution is -0.120. The van der Waals surface area contributed by atoms with Crippen LogP contribution in [0.4, 0.5) is 0 Å². The first-order valence-electron chi connectivity index (χ1n) is 10.9. The number of carbonyl (C=O) groups is 1. The zero-order valence-corrected chi connectivity index (χ0v) is 18.2. The Labute approximate surface area is 180 Å². The minimum Gasteiger partial charge on any atom is -0.493 e. The molecule has 1 N–H and O–H groups in total. The molecule has 0 aromatic heterocycles. The van der Waals surface area contributed by atoms with Crippen molar-refractivity contribution in [3.63, 3.8) is 0 Å². The second kappa shape index (κ2) is 14.2. The van der Waals surface area contributed by atoms with E-state index in [0.717, 1.165) is 23.3 Å². The first-order chi connectivity index (χ1) is 14.7. The predicted octanol–water partition coefficient (Wildman–Crippen LogP) is 5.52. The molecule has 0 spiro atoms. The van der Waals surface area contributed by atoms with Crippen LogP contribution in [0.5, 0.6) is 11.5 Å². The molecule has 2 rings (SSSR count). The van der Waals surface area contributed by atoms with Crippen molar-refractivity contribution in [3.8, 4) is 11.5 Å². The summed E-state index contributed by atoms with van der Waals surface area (Å²) in [6, 6.07) is 15.2. The van der Waals surface area contributed by atoms with Gasteiger partial charge in [-0.2, -0.15) is 5.10 Å². The number of benzene rings is 2. The summed E-state index contributed by atoms with van der Waals surface area (Å²) in [5.74, 6) is 1.24. The van der Waals surface area contributed by atoms with Crippen molar-refractivity contribution in [3.05, 3.63) is 59.7 Å². The molecule has 0 heterocycles. The Balaban J connectivity index is 1.74. The summed E-state index contributed by atoms with van der Waals surface area (Å²) < 4.78 is 11.3. The van der Waals surface area contributed by atoms with Gasteiger partial charge in [-0.05, 0) is 35.7 Å². The van der Waals surface area contributed by atoms with Gasteiger partial charge in [-0.15, -0.1) is 0 Å². The van der Waals surface area contributed by atoms with Crippen molar-refractivity contribution < 1.29 is 14.3 Å². The number of nitrogens with one attached hydrogen (secondary N) is 1. The van der Waals surface area contributed by atoms with Gasteiger partial charge in [0.25, 0.3) is 0 Å². The van der Waals surface area contributed by atoms with Gasteiger partial charge < -0.3 is 9.47 Å². The molecule has 0 atom stereocenters. The highest BCUT2D eigenvalue weighted by Gasteiger charge is 2.06. The molecule has 0 unspecified atom stereocenters. The van der Waals surface area contributed by atoms with E-state index in [1.165, 1.54) is 38.5 Å². The van der Waals surface area contributed by atoms with Gasteiger partial charge in [-0.1, -0.05) is 75.8 Å². The normalized spacial score (nSPS) is 10.9. The van der Waals surface area contributed by atoms with Gasteiger partial charge >= 0.3 is 0 Å². The molecule has 0 aliphatic rings. The molecule has 162 valence electrons. The number of rotatable bonds is 14. The second-order valence-corrected chi connectivity index (χ2v) is 7.34. The highest BCUT2D eigenvalue weighted by molar-refractivity contribution is 5.84. The molecule has 0 radical (unpaired) electrons. The summed E-state index contributed by atoms with van der Waals surface area (Å²) in [6.07, 6.45) is 10.7. The number of methoxy groups -OCH3 is 1. The fraction of sp³-hybridized carbons (Fsp3) is 0.440. The standard InChI is InChI=1S/C25H34N2O3/c1-3-4-5-6-7-8-12-17-30-23-16-15-22(18-24(23)29-2)20-26-27-25(28)19-21-13-10-9-11-14-21/h9-11,13-16,18,20H,3-8,12,17,19H2,1-2H3,(H,27,28)/b26-20-. The van der Waals surface area contributed by atoms with E-state index < -0.39 is 0 Å². The van der Waals surface area contributed by atoms with Crippen LogP contribution in [0, 0.1) is 0 Å². The number of hydrogen-bond donors (Lipinski definition) is 1. The van der Waals surface area contributed by atoms with Crippen molar-refractivity contribution in [1.82, 2.24) is 5.43 Å². The van der Waals surface area contributed by atoms with E-state index in [2.05, 4.69) is 17.5 Å². The third kappa shape index (κ3) is 9.12. The Morgan fingerprint density at radius 1 is 0.967 bits per heavy atom. The van der Waals surface area contributed by atoms with Gasteiger partial charge in [0.2, 0.25) is 5.91 Å². The summed E-state index contributed by atoms with van der Waals surface area (Å²) in [4.78, 5) is 12.0. The zero-order valence-electron chi connectivity index (χ0n) is 18.2. The highest BCUT2D eigenvalue weighted by atomic mass is 16.5. The molecule has 2 aromatic rings. The molecule has 0 aliphatic carbocycles. The lowest BCUT2D eigenvalue weighted by atomic mass is 10.1. The minimum atomic E-state index is -0.154. The second-order valence-electron chi connectivity index (χ2n) is 7.34. The molecule has 1 amide bonds. The Hall–Kier alpha value is -2.82. The van der Waals surface area contributed by atoms with Crippen LogP contribution in [0.2, 0.25) is 0 Å². The van der Waals surface area contributed by atoms with E-state index >= 15 is 0 Å². The van der Waals surface area contributed by atoms with E-state index in [0.29, 0.717) is 18.8 Å². The monoisotopic (exact) mass is 410 g/mol. The minimum absolute atomic E-state index is 0.154. The molecule has 5 heteroatoms. The molecule has 0 bridgehead atoms. The molecule has 0 aliphatic heterocycles. The number of amides is 1. The molecule has 30 heavy (non-hydrogen) atoms. The maximum absolute atomic E-state index is 12.0. The average Bonchev–Trinajstić information content (AvgIpc) is 2.77. The van der Waals surface area contributed by atoms with Crippen molar-refractivity contribution in [2.24, 2.45) is 5.10 Å². The highest BCUT2D eigenvalue weighted by Crippen LogP contribution is 2.27. The summed E-state index contributed by atoms with van der Waals surface area (Å²) in [5, 5.41) is 4.04. The van der Waals surface area contributed by atoms with Gasteiger partial charge in [0.05, 0.1) is 26.4 Å². The topological polar surface area (TPSA) is 59.9 Å². The molecule has 5 nitrogen and oxygen atoms in total. The van der Waals surface area contributed by atoms with E-state index in [-0.39, 0.29) is 5.91 Å². The van der Waals surface area contributed by atoms with Crippen LogP contribution >= 0.6 is 0 Å². The van der Waals surface area contributed by atoms with Crippen LogP contribution in [0.1, 0.15) is 63.0 Å². The molecular weight excluding hydrogens is 376 g/mol. The van der Waals surface area contributed by atoms with Crippen LogP contribution in [0.3, 0.4) is 0 Å². The first-order valence-corrected chi connectivity index (χ1v) is 10.9. The molecular formula is C25H34N2O3. The van der Waals surface area contributed by atoms with Gasteiger partial charge in [-0.25, -0.2) is 5.43 Å². The Kier molecular flexibility index (Phi) is 11.1. The average molecular weight is 411 g/mol. The fourth-order valence-electron chi connectivity index (χ4n) is 3.12. The maximum atomic E-state index is 12.0. The van der Waals surface area contributed by atoms with Crippen LogP contribution in [-0.2, 0) is 11.2 Å². The van der Waals surface area contributed by atoms with E-state index in [4.69, 9.17) is 9.47 Å². The van der Waals surface area contributed by atoms with Crippen LogP contribution in [0.15, 0.2) is 53.6 Å². The zero-order chi connectivity index (χ0) is 21.4. The summed E-state index contributed by atoms with van der Waals surface area (Å²) in [5.41, 5.74) is 4.34. The van der Waals surface area contributed by atoms with Gasteiger partial charge in [0, 0.05) is 0 Å². The molecule has 0 fully saturated rings. The molecule has 0 saturated heterocycles. The number of nitrogens with zero attached hydrogens (tertiary/aromatic N) is 1. The summed E-state index contributed by atoms with van der Waals surface area (Å²) in [7, 11) is 1.62. The number of ether oxygens (including phenoxy) is 2. The number of hydrazone groups is 1. The fourth-order valence-corrected chi connectivity index (χ4v) is 3.12. The number of carbonyl (C=O) groups excluding carboxylic acids is 1. The number of hydrogen-bond acceptors (Lipinski definition) is 4. The first kappa shape index (κ1) is 23.5. The third-order valence-electron chi connectivity index (χ3n) is 4.80. The van der Waals surface area contributed by atoms with E-state index in [1.54, 1.807) is 13.3 Å². The Morgan fingerprint density at radius 3 is 2.43 bits per heavy atom. The quantitative estimate of drug-likeness (QED) is 0.253. The van der Waals surface area contributed by atoms with Crippen LogP contribution < -0.4 is 14.9 Å². The molecule has 0 saturated carbocycles. The van der Waals surface area contributed by atoms with Crippen molar-refractivity contribution in [2.45, 2.75) is 58.3 Å². The summed E-state index contributed by atoms with van der Waals surface area (Å²) >= 11 is 0. The van der Waals surface area contributed by atoms with E-state index in [1.807, 2.05) is 48.5 Å². The molecule has 2 aromatic carbocycles. The van der Waals surface area contributed by atoms with Crippen molar-refractivity contribution in [2.75, 3.05) is 13.7 Å². The largest absolute Gasteiger partial charge is 0.493 e. The van der Waals surface area contributed by atoms with Crippen LogP contribution in [-0.4, -0.2) is 25.8 Å². The van der Waals surface area contributed by atoms with Crippen molar-refractivity contribution >= 4 is 12.1 Å². The third-order valence-corrected chi connectivity index (χ3v) is 4.80. The van der Waals surface area contributed by atoms with E-state index in [9.17, 15) is 4.79 Å². The van der Waals surface area contributed by atoms with Crippen molar-refractivity contribution in [1.29, 1.82) is 0 Å². The van der Waals surface area contributed by atoms with Gasteiger partial charge in [0.15, 0.2) is 11.5 Å². The smallest absolute Gasteiger partial charge is 0.244 e. The summed E-state index contributed by atoms with van der Waals surface area (Å²) in [6.45, 7) is 2.92. The van der Waals surface area contributed by atoms with Gasteiger partial charge in [-0.3, -0.25) is 4.79 Å². The van der Waals surface area contributed by atoms with Crippen LogP contribution in [0.25, 0.3) is 0 Å². The lowest BCUT2D eigenvalue weighted by Gasteiger charge is -2.11.